The zero-order valence-corrected chi connectivity index (χ0v) is 13.9. The zero-order valence-electron chi connectivity index (χ0n) is 13.9. The Balaban J connectivity index is 2.03. The van der Waals surface area contributed by atoms with Gasteiger partial charge in [-0.05, 0) is 30.3 Å². The van der Waals surface area contributed by atoms with Gasteiger partial charge in [0.2, 0.25) is 6.85 Å². The number of H-pyrrole nitrogens is 1. The van der Waals surface area contributed by atoms with Gasteiger partial charge in [0.05, 0.1) is 18.2 Å². The van der Waals surface area contributed by atoms with Gasteiger partial charge in [-0.1, -0.05) is 50.1 Å². The quantitative estimate of drug-likeness (QED) is 0.633. The standard InChI is InChI=1S/C18H23BN4/c1-19(2)23(3)18(12-20)11-9-16-6-4-15(5-7-16)8-10-17-13-21-14-22-17/h4-14H,20H2,1-3H3,(H,21,22)/b10-8+,11-9+,18-12-. The van der Waals surface area contributed by atoms with Crippen molar-refractivity contribution >= 4 is 25.1 Å². The number of nitrogens with two attached hydrogens (primary N) is 1. The number of imidazole rings is 1. The van der Waals surface area contributed by atoms with E-state index in [9.17, 15) is 0 Å². The van der Waals surface area contributed by atoms with E-state index in [2.05, 4.69) is 64.8 Å². The zero-order chi connectivity index (χ0) is 16.7. The maximum atomic E-state index is 5.71. The average molecular weight is 306 g/mol. The molecule has 0 bridgehead atoms. The minimum atomic E-state index is 0.407. The molecule has 4 nitrogen and oxygen atoms in total. The van der Waals surface area contributed by atoms with E-state index in [4.69, 9.17) is 5.73 Å². The molecular formula is C18H23BN4. The Labute approximate surface area is 138 Å². The van der Waals surface area contributed by atoms with Gasteiger partial charge in [0.15, 0.2) is 0 Å². The number of benzene rings is 1. The molecule has 0 spiro atoms. The summed E-state index contributed by atoms with van der Waals surface area (Å²) >= 11 is 0. The van der Waals surface area contributed by atoms with Crippen LogP contribution in [0.2, 0.25) is 13.6 Å². The van der Waals surface area contributed by atoms with Gasteiger partial charge in [0.25, 0.3) is 0 Å². The number of likely N-dealkylation sites (N-methyl/N-ethyl adjacent to an activating group) is 1. The highest BCUT2D eigenvalue weighted by molar-refractivity contribution is 6.53. The molecule has 2 aromatic rings. The molecule has 0 unspecified atom stereocenters. The molecule has 5 heteroatoms. The molecule has 0 amide bonds. The van der Waals surface area contributed by atoms with Crippen LogP contribution >= 0.6 is 0 Å². The summed E-state index contributed by atoms with van der Waals surface area (Å²) in [6.07, 6.45) is 13.3. The summed E-state index contributed by atoms with van der Waals surface area (Å²) in [7, 11) is 2.04. The number of hydrogen-bond acceptors (Lipinski definition) is 3. The van der Waals surface area contributed by atoms with Crippen molar-refractivity contribution in [2.45, 2.75) is 13.6 Å². The summed E-state index contributed by atoms with van der Waals surface area (Å²) in [6, 6.07) is 8.36. The van der Waals surface area contributed by atoms with Gasteiger partial charge in [-0.3, -0.25) is 0 Å². The first-order valence-electron chi connectivity index (χ1n) is 7.69. The molecule has 0 aliphatic carbocycles. The van der Waals surface area contributed by atoms with Crippen molar-refractivity contribution < 1.29 is 0 Å². The SMILES string of the molecule is CB(C)N(C)C(=C\N)/C=C/c1ccc(/C=C/c2cnc[nH]2)cc1. The first-order chi connectivity index (χ1) is 11.1. The van der Waals surface area contributed by atoms with Crippen molar-refractivity contribution in [2.75, 3.05) is 7.05 Å². The highest BCUT2D eigenvalue weighted by Gasteiger charge is 2.08. The Morgan fingerprint density at radius 2 is 1.78 bits per heavy atom. The van der Waals surface area contributed by atoms with E-state index in [1.807, 2.05) is 19.2 Å². The maximum Gasteiger partial charge on any atom is 0.247 e. The smallest absolute Gasteiger partial charge is 0.247 e. The molecular weight excluding hydrogens is 283 g/mol. The maximum absolute atomic E-state index is 5.71. The van der Waals surface area contributed by atoms with E-state index < -0.39 is 0 Å². The van der Waals surface area contributed by atoms with Crippen molar-refractivity contribution in [2.24, 2.45) is 5.73 Å². The predicted molar refractivity (Wildman–Crippen MR) is 101 cm³/mol. The van der Waals surface area contributed by atoms with Crippen molar-refractivity contribution in [1.82, 2.24) is 14.8 Å². The van der Waals surface area contributed by atoms with E-state index in [1.165, 1.54) is 0 Å². The number of aromatic amines is 1. The minimum absolute atomic E-state index is 0.407. The second-order valence-corrected chi connectivity index (χ2v) is 5.64. The Bertz CT molecular complexity index is 682. The van der Waals surface area contributed by atoms with Crippen LogP contribution in [0.4, 0.5) is 0 Å². The molecule has 0 aliphatic heterocycles. The lowest BCUT2D eigenvalue weighted by molar-refractivity contribution is 0.670. The molecule has 0 aliphatic rings. The lowest BCUT2D eigenvalue weighted by Gasteiger charge is -2.22. The Morgan fingerprint density at radius 3 is 2.30 bits per heavy atom. The fourth-order valence-electron chi connectivity index (χ4n) is 2.03. The molecule has 0 radical (unpaired) electrons. The number of nitrogens with one attached hydrogen (secondary N) is 1. The molecule has 23 heavy (non-hydrogen) atoms. The molecule has 0 saturated heterocycles. The van der Waals surface area contributed by atoms with Crippen LogP contribution in [0.3, 0.4) is 0 Å². The van der Waals surface area contributed by atoms with Crippen LogP contribution in [0.1, 0.15) is 16.8 Å². The van der Waals surface area contributed by atoms with Crippen LogP contribution in [0.25, 0.3) is 18.2 Å². The van der Waals surface area contributed by atoms with Crippen LogP contribution in [0, 0.1) is 0 Å². The monoisotopic (exact) mass is 306 g/mol. The van der Waals surface area contributed by atoms with Gasteiger partial charge in [0, 0.05) is 11.9 Å². The number of aromatic nitrogens is 2. The minimum Gasteiger partial charge on any atom is -0.417 e. The average Bonchev–Trinajstić information content (AvgIpc) is 3.07. The summed E-state index contributed by atoms with van der Waals surface area (Å²) in [5.41, 5.74) is 9.99. The van der Waals surface area contributed by atoms with E-state index in [-0.39, 0.29) is 0 Å². The van der Waals surface area contributed by atoms with E-state index in [1.54, 1.807) is 18.7 Å². The third-order valence-corrected chi connectivity index (χ3v) is 3.71. The third kappa shape index (κ3) is 4.92. The van der Waals surface area contributed by atoms with E-state index in [0.717, 1.165) is 22.5 Å². The molecule has 118 valence electrons. The normalized spacial score (nSPS) is 12.2. The van der Waals surface area contributed by atoms with Gasteiger partial charge in [0.1, 0.15) is 0 Å². The van der Waals surface area contributed by atoms with Crippen LogP contribution in [-0.2, 0) is 0 Å². The first kappa shape index (κ1) is 16.7. The molecule has 1 aromatic heterocycles. The van der Waals surface area contributed by atoms with Crippen LogP contribution in [-0.4, -0.2) is 28.7 Å². The Morgan fingerprint density at radius 1 is 1.13 bits per heavy atom. The molecule has 0 fully saturated rings. The highest BCUT2D eigenvalue weighted by atomic mass is 15.0. The molecule has 3 N–H and O–H groups in total. The summed E-state index contributed by atoms with van der Waals surface area (Å²) in [6.45, 7) is 4.68. The van der Waals surface area contributed by atoms with Gasteiger partial charge >= 0.3 is 0 Å². The molecule has 0 saturated carbocycles. The van der Waals surface area contributed by atoms with Crippen LogP contribution in [0.5, 0.6) is 0 Å². The predicted octanol–water partition coefficient (Wildman–Crippen LogP) is 3.58. The van der Waals surface area contributed by atoms with E-state index >= 15 is 0 Å². The fraction of sp³-hybridized carbons (Fsp3) is 0.167. The van der Waals surface area contributed by atoms with Crippen molar-refractivity contribution in [1.29, 1.82) is 0 Å². The summed E-state index contributed by atoms with van der Waals surface area (Å²) in [4.78, 5) is 9.17. The van der Waals surface area contributed by atoms with Crippen LogP contribution in [0.15, 0.2) is 54.8 Å². The highest BCUT2D eigenvalue weighted by Crippen LogP contribution is 2.12. The molecule has 2 rings (SSSR count). The number of nitrogens with zero attached hydrogens (tertiary/aromatic N) is 2. The molecule has 1 heterocycles. The molecule has 1 aromatic carbocycles. The van der Waals surface area contributed by atoms with Gasteiger partial charge in [-0.2, -0.15) is 0 Å². The summed E-state index contributed by atoms with van der Waals surface area (Å²) in [5.74, 6) is 0. The number of rotatable bonds is 6. The third-order valence-electron chi connectivity index (χ3n) is 3.71. The fourth-order valence-corrected chi connectivity index (χ4v) is 2.03. The largest absolute Gasteiger partial charge is 0.417 e. The van der Waals surface area contributed by atoms with Crippen LogP contribution < -0.4 is 5.73 Å². The summed E-state index contributed by atoms with van der Waals surface area (Å²) < 4.78 is 0. The molecule has 0 atom stereocenters. The second kappa shape index (κ2) is 8.08. The summed E-state index contributed by atoms with van der Waals surface area (Å²) in [5, 5.41) is 0. The number of allylic oxidation sites excluding steroid dienone is 1. The second-order valence-electron chi connectivity index (χ2n) is 5.64. The number of hydrogen-bond donors (Lipinski definition) is 2. The van der Waals surface area contributed by atoms with Crippen molar-refractivity contribution in [3.8, 4) is 0 Å². The van der Waals surface area contributed by atoms with E-state index in [0.29, 0.717) is 6.85 Å². The van der Waals surface area contributed by atoms with Crippen molar-refractivity contribution in [3.05, 3.63) is 71.6 Å². The lowest BCUT2D eigenvalue weighted by Crippen LogP contribution is -2.29. The topological polar surface area (TPSA) is 57.9 Å². The van der Waals surface area contributed by atoms with Gasteiger partial charge in [-0.15, -0.1) is 0 Å². The first-order valence-corrected chi connectivity index (χ1v) is 7.69. The van der Waals surface area contributed by atoms with Gasteiger partial charge < -0.3 is 15.5 Å². The Kier molecular flexibility index (Phi) is 5.86. The Hall–Kier alpha value is -2.69. The van der Waals surface area contributed by atoms with Gasteiger partial charge in [-0.25, -0.2) is 4.98 Å². The lowest BCUT2D eigenvalue weighted by atomic mass is 9.66. The van der Waals surface area contributed by atoms with Crippen molar-refractivity contribution in [3.63, 3.8) is 0 Å².